The van der Waals surface area contributed by atoms with E-state index in [-0.39, 0.29) is 16.6 Å². The van der Waals surface area contributed by atoms with E-state index in [9.17, 15) is 18.5 Å². The van der Waals surface area contributed by atoms with Gasteiger partial charge in [0, 0.05) is 48.9 Å². The second kappa shape index (κ2) is 11.8. The van der Waals surface area contributed by atoms with Crippen molar-refractivity contribution in [2.24, 2.45) is 5.14 Å². The molecule has 1 aliphatic heterocycles. The van der Waals surface area contributed by atoms with E-state index in [0.29, 0.717) is 5.69 Å². The molecule has 11 heteroatoms. The van der Waals surface area contributed by atoms with Crippen LogP contribution in [0.1, 0.15) is 12.8 Å². The second-order valence-corrected chi connectivity index (χ2v) is 10.9. The van der Waals surface area contributed by atoms with Gasteiger partial charge in [-0.3, -0.25) is 10.1 Å². The lowest BCUT2D eigenvalue weighted by Gasteiger charge is -2.32. The third kappa shape index (κ3) is 7.97. The van der Waals surface area contributed by atoms with Crippen LogP contribution < -0.4 is 10.5 Å². The van der Waals surface area contributed by atoms with Crippen LogP contribution in [0.4, 0.5) is 11.4 Å². The molecule has 1 fully saturated rings. The normalized spacial score (nSPS) is 16.4. The standard InChI is InChI=1S/C22H31N5O4S2/c1-25-12-14-26(15-13-25)11-5-6-18(17-32-19-7-3-2-4-8-19)24-21-10-9-20(33(23,30)31)16-22(21)27(28)29/h2-4,7-10,16,18,24H,5-6,11-15,17H2,1H3,(H2,23,30,31). The third-order valence-corrected chi connectivity index (χ3v) is 7.76. The summed E-state index contributed by atoms with van der Waals surface area (Å²) in [7, 11) is -1.90. The van der Waals surface area contributed by atoms with Crippen molar-refractivity contribution in [3.05, 3.63) is 58.6 Å². The first-order chi connectivity index (χ1) is 15.7. The molecular formula is C22H31N5O4S2. The van der Waals surface area contributed by atoms with Gasteiger partial charge in [-0.25, -0.2) is 13.6 Å². The van der Waals surface area contributed by atoms with Crippen LogP contribution >= 0.6 is 11.8 Å². The number of nitro groups is 1. The number of hydrogen-bond donors (Lipinski definition) is 2. The number of sulfonamides is 1. The SMILES string of the molecule is CN1CCN(CCCC(CSc2ccccc2)Nc2ccc(S(N)(=O)=O)cc2[N+](=O)[O-])CC1. The summed E-state index contributed by atoms with van der Waals surface area (Å²) >= 11 is 1.69. The molecule has 0 bridgehead atoms. The first-order valence-corrected chi connectivity index (χ1v) is 13.4. The van der Waals surface area contributed by atoms with Crippen molar-refractivity contribution in [1.82, 2.24) is 9.80 Å². The first-order valence-electron chi connectivity index (χ1n) is 10.9. The molecule has 1 atom stereocenters. The smallest absolute Gasteiger partial charge is 0.293 e. The molecule has 0 spiro atoms. The molecule has 1 aliphatic rings. The molecule has 1 saturated heterocycles. The summed E-state index contributed by atoms with van der Waals surface area (Å²) in [6.45, 7) is 5.21. The number of nitro benzene ring substituents is 1. The molecule has 3 rings (SSSR count). The maximum Gasteiger partial charge on any atom is 0.293 e. The van der Waals surface area contributed by atoms with E-state index >= 15 is 0 Å². The minimum atomic E-state index is -4.03. The highest BCUT2D eigenvalue weighted by Gasteiger charge is 2.22. The van der Waals surface area contributed by atoms with E-state index in [0.717, 1.165) is 62.3 Å². The number of nitrogens with one attached hydrogen (secondary N) is 1. The van der Waals surface area contributed by atoms with Gasteiger partial charge >= 0.3 is 0 Å². The molecule has 2 aromatic carbocycles. The van der Waals surface area contributed by atoms with Crippen molar-refractivity contribution in [2.75, 3.05) is 50.8 Å². The van der Waals surface area contributed by atoms with Gasteiger partial charge in [-0.05, 0) is 50.7 Å². The van der Waals surface area contributed by atoms with Crippen LogP contribution in [-0.4, -0.2) is 74.7 Å². The Labute approximate surface area is 199 Å². The van der Waals surface area contributed by atoms with E-state index in [1.807, 2.05) is 30.3 Å². The molecule has 2 aromatic rings. The van der Waals surface area contributed by atoms with E-state index in [2.05, 4.69) is 22.2 Å². The van der Waals surface area contributed by atoms with Crippen molar-refractivity contribution in [3.63, 3.8) is 0 Å². The molecule has 0 aliphatic carbocycles. The number of anilines is 1. The predicted molar refractivity (Wildman–Crippen MR) is 132 cm³/mol. The average molecular weight is 494 g/mol. The van der Waals surface area contributed by atoms with Gasteiger partial charge in [0.05, 0.1) is 9.82 Å². The van der Waals surface area contributed by atoms with Crippen molar-refractivity contribution < 1.29 is 13.3 Å². The van der Waals surface area contributed by atoms with Gasteiger partial charge in [0.25, 0.3) is 5.69 Å². The van der Waals surface area contributed by atoms with Crippen LogP contribution in [-0.2, 0) is 10.0 Å². The van der Waals surface area contributed by atoms with Crippen molar-refractivity contribution >= 4 is 33.2 Å². The Kier molecular flexibility index (Phi) is 9.10. The van der Waals surface area contributed by atoms with Gasteiger partial charge in [0.2, 0.25) is 10.0 Å². The lowest BCUT2D eigenvalue weighted by atomic mass is 10.1. The van der Waals surface area contributed by atoms with Crippen molar-refractivity contribution in [3.8, 4) is 0 Å². The highest BCUT2D eigenvalue weighted by molar-refractivity contribution is 7.99. The predicted octanol–water partition coefficient (Wildman–Crippen LogP) is 2.84. The molecule has 0 saturated carbocycles. The highest BCUT2D eigenvalue weighted by atomic mass is 32.2. The van der Waals surface area contributed by atoms with Crippen LogP contribution in [0.5, 0.6) is 0 Å². The van der Waals surface area contributed by atoms with Crippen molar-refractivity contribution in [1.29, 1.82) is 0 Å². The maximum absolute atomic E-state index is 11.6. The summed E-state index contributed by atoms with van der Waals surface area (Å²) in [5.41, 5.74) is 0.000891. The van der Waals surface area contributed by atoms with Gasteiger partial charge in [-0.1, -0.05) is 18.2 Å². The number of primary sulfonamides is 1. The largest absolute Gasteiger partial charge is 0.376 e. The number of likely N-dealkylation sites (N-methyl/N-ethyl adjacent to an activating group) is 1. The minimum Gasteiger partial charge on any atom is -0.376 e. The van der Waals surface area contributed by atoms with Gasteiger partial charge in [-0.15, -0.1) is 11.8 Å². The molecule has 180 valence electrons. The quantitative estimate of drug-likeness (QED) is 0.278. The van der Waals surface area contributed by atoms with Crippen LogP contribution in [0.15, 0.2) is 58.3 Å². The van der Waals surface area contributed by atoms with Crippen molar-refractivity contribution in [2.45, 2.75) is 28.7 Å². The Bertz CT molecular complexity index is 1030. The molecule has 0 aromatic heterocycles. The number of benzene rings is 2. The van der Waals surface area contributed by atoms with E-state index in [4.69, 9.17) is 5.14 Å². The molecule has 1 heterocycles. The lowest BCUT2D eigenvalue weighted by Crippen LogP contribution is -2.44. The summed E-state index contributed by atoms with van der Waals surface area (Å²) < 4.78 is 23.3. The van der Waals surface area contributed by atoms with E-state index < -0.39 is 14.9 Å². The van der Waals surface area contributed by atoms with E-state index in [1.54, 1.807) is 11.8 Å². The summed E-state index contributed by atoms with van der Waals surface area (Å²) in [5, 5.41) is 20.1. The van der Waals surface area contributed by atoms with E-state index in [1.165, 1.54) is 12.1 Å². The van der Waals surface area contributed by atoms with Crippen LogP contribution in [0, 0.1) is 10.1 Å². The number of piperazine rings is 1. The molecule has 3 N–H and O–H groups in total. The Morgan fingerprint density at radius 1 is 1.15 bits per heavy atom. The Morgan fingerprint density at radius 2 is 1.85 bits per heavy atom. The number of nitrogens with two attached hydrogens (primary N) is 1. The maximum atomic E-state index is 11.6. The second-order valence-electron chi connectivity index (χ2n) is 8.23. The fourth-order valence-corrected chi connectivity index (χ4v) is 5.25. The zero-order chi connectivity index (χ0) is 23.8. The van der Waals surface area contributed by atoms with Crippen LogP contribution in [0.25, 0.3) is 0 Å². The summed E-state index contributed by atoms with van der Waals surface area (Å²) in [6.07, 6.45) is 1.79. The molecule has 0 radical (unpaired) electrons. The summed E-state index contributed by atoms with van der Waals surface area (Å²) in [6, 6.07) is 13.7. The zero-order valence-corrected chi connectivity index (χ0v) is 20.4. The lowest BCUT2D eigenvalue weighted by molar-refractivity contribution is -0.384. The van der Waals surface area contributed by atoms with Crippen LogP contribution in [0.2, 0.25) is 0 Å². The number of thioether (sulfide) groups is 1. The highest BCUT2D eigenvalue weighted by Crippen LogP contribution is 2.29. The zero-order valence-electron chi connectivity index (χ0n) is 18.7. The first kappa shape index (κ1) is 25.4. The molecule has 33 heavy (non-hydrogen) atoms. The van der Waals surface area contributed by atoms with Gasteiger partial charge in [0.15, 0.2) is 0 Å². The van der Waals surface area contributed by atoms with Crippen LogP contribution in [0.3, 0.4) is 0 Å². The van der Waals surface area contributed by atoms with Gasteiger partial charge < -0.3 is 15.1 Å². The molecule has 1 unspecified atom stereocenters. The third-order valence-electron chi connectivity index (χ3n) is 5.67. The molecular weight excluding hydrogens is 462 g/mol. The summed E-state index contributed by atoms with van der Waals surface area (Å²) in [5.74, 6) is 0.723. The fraction of sp³-hybridized carbons (Fsp3) is 0.455. The fourth-order valence-electron chi connectivity index (χ4n) is 3.72. The number of hydrogen-bond acceptors (Lipinski definition) is 8. The summed E-state index contributed by atoms with van der Waals surface area (Å²) in [4.78, 5) is 16.7. The van der Waals surface area contributed by atoms with Gasteiger partial charge in [0.1, 0.15) is 5.69 Å². The Hall–Kier alpha value is -2.18. The topological polar surface area (TPSA) is 122 Å². The number of nitrogens with zero attached hydrogens (tertiary/aromatic N) is 3. The molecule has 9 nitrogen and oxygen atoms in total. The molecule has 0 amide bonds. The van der Waals surface area contributed by atoms with Gasteiger partial charge in [-0.2, -0.15) is 0 Å². The number of rotatable bonds is 11. The Balaban J connectivity index is 1.70. The monoisotopic (exact) mass is 493 g/mol. The minimum absolute atomic E-state index is 0.0262. The Morgan fingerprint density at radius 3 is 2.48 bits per heavy atom. The average Bonchev–Trinajstić information content (AvgIpc) is 2.78.